The number of hydrogen-bond donors (Lipinski definition) is 3. The van der Waals surface area contributed by atoms with Crippen LogP contribution in [-0.4, -0.2) is 77.1 Å². The van der Waals surface area contributed by atoms with Crippen LogP contribution in [0, 0.1) is 34.0 Å². The van der Waals surface area contributed by atoms with Crippen LogP contribution in [0.1, 0.15) is 41.7 Å². The van der Waals surface area contributed by atoms with Gasteiger partial charge in [-0.1, -0.05) is 0 Å². The third-order valence-electron chi connectivity index (χ3n) is 6.78. The van der Waals surface area contributed by atoms with E-state index < -0.39 is 5.91 Å². The molecule has 4 N–H and O–H groups in total. The molecule has 13 nitrogen and oxygen atoms in total. The van der Waals surface area contributed by atoms with E-state index in [0.29, 0.717) is 63.2 Å². The number of nitrogens with zero attached hydrogens (tertiary/aromatic N) is 8. The largest absolute Gasteiger partial charge is 0.365 e. The summed E-state index contributed by atoms with van der Waals surface area (Å²) in [7, 11) is 0. The number of amides is 2. The Bertz CT molecular complexity index is 1270. The van der Waals surface area contributed by atoms with Gasteiger partial charge in [-0.05, 0) is 30.9 Å². The first-order valence-corrected chi connectivity index (χ1v) is 12.4. The van der Waals surface area contributed by atoms with Crippen LogP contribution in [0.3, 0.4) is 0 Å². The highest BCUT2D eigenvalue weighted by atomic mass is 16.2. The first-order valence-electron chi connectivity index (χ1n) is 12.4. The predicted molar refractivity (Wildman–Crippen MR) is 140 cm³/mol. The first kappa shape index (κ1) is 26.3. The number of nitrogens with one attached hydrogen (secondary N) is 2. The van der Waals surface area contributed by atoms with Gasteiger partial charge in [0.1, 0.15) is 29.3 Å². The lowest BCUT2D eigenvalue weighted by Crippen LogP contribution is -2.48. The van der Waals surface area contributed by atoms with Crippen LogP contribution in [0.5, 0.6) is 0 Å². The monoisotopic (exact) mass is 515 g/mol. The first-order chi connectivity index (χ1) is 18.4. The van der Waals surface area contributed by atoms with Gasteiger partial charge in [0.2, 0.25) is 11.9 Å². The molecular weight excluding hydrogens is 486 g/mol. The van der Waals surface area contributed by atoms with Crippen molar-refractivity contribution in [3.8, 4) is 12.1 Å². The average Bonchev–Trinajstić information content (AvgIpc) is 2.93. The summed E-state index contributed by atoms with van der Waals surface area (Å²) in [6.07, 6.45) is 4.68. The minimum absolute atomic E-state index is 0.0188. The number of primary amides is 1. The van der Waals surface area contributed by atoms with Crippen molar-refractivity contribution in [3.63, 3.8) is 0 Å². The summed E-state index contributed by atoms with van der Waals surface area (Å²) in [5.41, 5.74) is 6.34. The maximum atomic E-state index is 12.3. The van der Waals surface area contributed by atoms with Crippen LogP contribution in [0.15, 0.2) is 18.3 Å². The van der Waals surface area contributed by atoms with E-state index in [2.05, 4.69) is 31.2 Å². The number of anilines is 4. The quantitative estimate of drug-likeness (QED) is 0.433. The lowest BCUT2D eigenvalue weighted by Gasteiger charge is -2.35. The number of nitriles is 2. The predicted octanol–water partition coefficient (Wildman–Crippen LogP) is 1.40. The van der Waals surface area contributed by atoms with E-state index in [1.54, 1.807) is 17.2 Å². The fraction of sp³-hybridized carbons (Fsp3) is 0.440. The average molecular weight is 516 g/mol. The van der Waals surface area contributed by atoms with Gasteiger partial charge in [0.15, 0.2) is 0 Å². The number of carbonyl (C=O) groups is 2. The molecule has 0 aromatic carbocycles. The molecule has 0 atom stereocenters. The van der Waals surface area contributed by atoms with Gasteiger partial charge < -0.3 is 31.2 Å². The molecular formula is C25H29N11O2. The molecule has 196 valence electrons. The second kappa shape index (κ2) is 12.0. The van der Waals surface area contributed by atoms with Gasteiger partial charge in [0, 0.05) is 51.9 Å². The van der Waals surface area contributed by atoms with Crippen LogP contribution < -0.4 is 20.9 Å². The van der Waals surface area contributed by atoms with Crippen LogP contribution >= 0.6 is 0 Å². The number of pyridine rings is 1. The van der Waals surface area contributed by atoms with Crippen molar-refractivity contribution in [1.82, 2.24) is 19.9 Å². The van der Waals surface area contributed by atoms with E-state index in [9.17, 15) is 9.59 Å². The van der Waals surface area contributed by atoms with Gasteiger partial charge in [0.05, 0.1) is 24.0 Å². The minimum atomic E-state index is -0.751. The van der Waals surface area contributed by atoms with Gasteiger partial charge in [-0.3, -0.25) is 9.59 Å². The molecule has 38 heavy (non-hydrogen) atoms. The number of rotatable bonds is 8. The van der Waals surface area contributed by atoms with Gasteiger partial charge >= 0.3 is 0 Å². The van der Waals surface area contributed by atoms with Gasteiger partial charge in [-0.15, -0.1) is 0 Å². The standard InChI is InChI=1S/C25H29N11O2/c26-7-3-17-5-9-36(10-6-17)25-32-19(15-28)22(23(29)38)24(33-25)31-18-1-2-20(30-16-18)34-11-13-35(14-12-34)21(37)4-8-27/h1-2,15-17,28H,3-6,9-14H2,(H2,29,38)(H,31,32,33). The summed E-state index contributed by atoms with van der Waals surface area (Å²) in [6, 6.07) is 7.76. The highest BCUT2D eigenvalue weighted by Gasteiger charge is 2.25. The summed E-state index contributed by atoms with van der Waals surface area (Å²) in [6.45, 7) is 3.59. The lowest BCUT2D eigenvalue weighted by molar-refractivity contribution is -0.130. The number of nitrogens with two attached hydrogens (primary N) is 1. The Morgan fingerprint density at radius 2 is 1.82 bits per heavy atom. The van der Waals surface area contributed by atoms with Gasteiger partial charge in [-0.2, -0.15) is 15.5 Å². The molecule has 4 rings (SSSR count). The van der Waals surface area contributed by atoms with Crippen molar-refractivity contribution in [3.05, 3.63) is 29.6 Å². The second-order valence-corrected chi connectivity index (χ2v) is 9.17. The lowest BCUT2D eigenvalue weighted by atomic mass is 9.94. The molecule has 2 fully saturated rings. The highest BCUT2D eigenvalue weighted by Crippen LogP contribution is 2.27. The Morgan fingerprint density at radius 1 is 1.08 bits per heavy atom. The minimum Gasteiger partial charge on any atom is -0.365 e. The second-order valence-electron chi connectivity index (χ2n) is 9.17. The molecule has 2 aliphatic rings. The fourth-order valence-corrected chi connectivity index (χ4v) is 4.66. The van der Waals surface area contributed by atoms with E-state index in [-0.39, 0.29) is 29.4 Å². The molecule has 4 heterocycles. The van der Waals surface area contributed by atoms with Gasteiger partial charge in [0.25, 0.3) is 5.91 Å². The molecule has 13 heteroatoms. The maximum Gasteiger partial charge on any atom is 0.254 e. The third-order valence-corrected chi connectivity index (χ3v) is 6.78. The van der Waals surface area contributed by atoms with Crippen LogP contribution in [-0.2, 0) is 4.79 Å². The normalized spacial score (nSPS) is 15.9. The zero-order chi connectivity index (χ0) is 27.1. The fourth-order valence-electron chi connectivity index (χ4n) is 4.66. The summed E-state index contributed by atoms with van der Waals surface area (Å²) in [5, 5.41) is 28.6. The molecule has 2 amide bonds. The summed E-state index contributed by atoms with van der Waals surface area (Å²) in [5.74, 6) is 0.746. The number of aromatic nitrogens is 3. The van der Waals surface area contributed by atoms with Crippen molar-refractivity contribution in [2.45, 2.75) is 25.7 Å². The third kappa shape index (κ3) is 5.95. The number of carbonyl (C=O) groups excluding carboxylic acids is 2. The Hall–Kier alpha value is -4.78. The Labute approximate surface area is 220 Å². The zero-order valence-corrected chi connectivity index (χ0v) is 20.9. The van der Waals surface area contributed by atoms with Crippen molar-refractivity contribution < 1.29 is 9.59 Å². The van der Waals surface area contributed by atoms with E-state index in [4.69, 9.17) is 21.7 Å². The Kier molecular flexibility index (Phi) is 8.28. The molecule has 0 saturated carbocycles. The molecule has 0 aliphatic carbocycles. The van der Waals surface area contributed by atoms with E-state index in [1.807, 2.05) is 17.0 Å². The Balaban J connectivity index is 1.49. The molecule has 2 aromatic heterocycles. The van der Waals surface area contributed by atoms with Crippen molar-refractivity contribution in [2.75, 3.05) is 54.4 Å². The van der Waals surface area contributed by atoms with Crippen LogP contribution in [0.25, 0.3) is 0 Å². The summed E-state index contributed by atoms with van der Waals surface area (Å²) in [4.78, 5) is 43.4. The molecule has 2 aromatic rings. The van der Waals surface area contributed by atoms with Crippen molar-refractivity contribution in [2.24, 2.45) is 11.7 Å². The smallest absolute Gasteiger partial charge is 0.254 e. The molecule has 2 saturated heterocycles. The molecule has 0 spiro atoms. The van der Waals surface area contributed by atoms with Crippen molar-refractivity contribution >= 4 is 41.3 Å². The zero-order valence-electron chi connectivity index (χ0n) is 20.9. The molecule has 0 unspecified atom stereocenters. The number of piperidine rings is 1. The van der Waals surface area contributed by atoms with Crippen LogP contribution in [0.4, 0.5) is 23.3 Å². The van der Waals surface area contributed by atoms with E-state index in [0.717, 1.165) is 24.9 Å². The van der Waals surface area contributed by atoms with Crippen LogP contribution in [0.2, 0.25) is 0 Å². The van der Waals surface area contributed by atoms with Gasteiger partial charge in [-0.25, -0.2) is 9.97 Å². The topological polar surface area (TPSA) is 192 Å². The highest BCUT2D eigenvalue weighted by molar-refractivity contribution is 6.04. The maximum absolute atomic E-state index is 12.3. The molecule has 0 radical (unpaired) electrons. The van der Waals surface area contributed by atoms with Crippen molar-refractivity contribution in [1.29, 1.82) is 15.9 Å². The van der Waals surface area contributed by atoms with E-state index >= 15 is 0 Å². The SMILES string of the molecule is N#CCC(=O)N1CCN(c2ccc(Nc3nc(N4CCC(CC#N)CC4)nc(C=N)c3C(N)=O)cn2)CC1. The number of hydrogen-bond acceptors (Lipinski definition) is 11. The summed E-state index contributed by atoms with van der Waals surface area (Å²) < 4.78 is 0. The van der Waals surface area contributed by atoms with E-state index in [1.165, 1.54) is 0 Å². The molecule has 2 aliphatic heterocycles. The Morgan fingerprint density at radius 3 is 2.39 bits per heavy atom. The summed E-state index contributed by atoms with van der Waals surface area (Å²) >= 11 is 0. The molecule has 0 bridgehead atoms. The number of piperazine rings is 1.